The fourth-order valence-electron chi connectivity index (χ4n) is 2.10. The third-order valence-electron chi connectivity index (χ3n) is 3.15. The van der Waals surface area contributed by atoms with Crippen molar-refractivity contribution < 1.29 is 13.2 Å². The molecule has 0 N–H and O–H groups in total. The smallest absolute Gasteiger partial charge is 0.132 e. The van der Waals surface area contributed by atoms with Crippen molar-refractivity contribution >= 4 is 0 Å². The summed E-state index contributed by atoms with van der Waals surface area (Å²) in [4.78, 5) is 4.10. The van der Waals surface area contributed by atoms with E-state index in [1.54, 1.807) is 30.3 Å². The van der Waals surface area contributed by atoms with E-state index in [2.05, 4.69) is 4.98 Å². The Hall–Kier alpha value is -2.62. The quantitative estimate of drug-likeness (QED) is 0.657. The van der Waals surface area contributed by atoms with Gasteiger partial charge >= 0.3 is 0 Å². The number of aromatic nitrogens is 1. The maximum atomic E-state index is 13.7. The fourth-order valence-corrected chi connectivity index (χ4v) is 2.10. The minimum absolute atomic E-state index is 0.0788. The molecule has 0 unspecified atom stereocenters. The Morgan fingerprint density at radius 2 is 1.48 bits per heavy atom. The van der Waals surface area contributed by atoms with Gasteiger partial charge < -0.3 is 0 Å². The fraction of sp³-hybridized carbons (Fsp3) is 0. The van der Waals surface area contributed by atoms with Gasteiger partial charge in [0.1, 0.15) is 17.5 Å². The van der Waals surface area contributed by atoms with Crippen molar-refractivity contribution in [1.82, 2.24) is 4.98 Å². The van der Waals surface area contributed by atoms with Crippen LogP contribution < -0.4 is 0 Å². The van der Waals surface area contributed by atoms with Crippen LogP contribution in [0.4, 0.5) is 13.2 Å². The second-order valence-electron chi connectivity index (χ2n) is 4.54. The van der Waals surface area contributed by atoms with Gasteiger partial charge in [0, 0.05) is 22.9 Å². The summed E-state index contributed by atoms with van der Waals surface area (Å²) in [6.45, 7) is 0. The molecule has 104 valence electrons. The van der Waals surface area contributed by atoms with E-state index < -0.39 is 11.6 Å². The van der Waals surface area contributed by atoms with Crippen LogP contribution >= 0.6 is 0 Å². The molecule has 1 heterocycles. The van der Waals surface area contributed by atoms with E-state index >= 15 is 0 Å². The number of benzene rings is 2. The molecule has 3 aromatic rings. The van der Waals surface area contributed by atoms with Crippen LogP contribution in [0.5, 0.6) is 0 Å². The van der Waals surface area contributed by atoms with Crippen LogP contribution in [0.1, 0.15) is 0 Å². The van der Waals surface area contributed by atoms with Crippen LogP contribution in [-0.2, 0) is 0 Å². The zero-order chi connectivity index (χ0) is 14.8. The molecular formula is C17H10F3N. The number of halogens is 3. The summed E-state index contributed by atoms with van der Waals surface area (Å²) < 4.78 is 40.5. The lowest BCUT2D eigenvalue weighted by molar-refractivity contribution is 0.602. The molecule has 4 heteroatoms. The Balaban J connectivity index is 2.02. The molecule has 0 fully saturated rings. The summed E-state index contributed by atoms with van der Waals surface area (Å²) in [6.07, 6.45) is 1.44. The molecule has 0 bridgehead atoms. The van der Waals surface area contributed by atoms with Gasteiger partial charge in [-0.25, -0.2) is 13.2 Å². The third kappa shape index (κ3) is 2.65. The molecule has 1 nitrogen and oxygen atoms in total. The van der Waals surface area contributed by atoms with E-state index in [0.717, 1.165) is 18.2 Å². The average molecular weight is 285 g/mol. The van der Waals surface area contributed by atoms with Gasteiger partial charge in [0.2, 0.25) is 0 Å². The van der Waals surface area contributed by atoms with Gasteiger partial charge in [0.05, 0.1) is 5.69 Å². The summed E-state index contributed by atoms with van der Waals surface area (Å²) in [7, 11) is 0. The number of rotatable bonds is 2. The van der Waals surface area contributed by atoms with Crippen LogP contribution in [0.15, 0.2) is 60.8 Å². The molecule has 0 aliphatic rings. The second-order valence-corrected chi connectivity index (χ2v) is 4.54. The van der Waals surface area contributed by atoms with Crippen molar-refractivity contribution in [3.8, 4) is 22.4 Å². The highest BCUT2D eigenvalue weighted by Crippen LogP contribution is 2.26. The minimum atomic E-state index is -0.553. The Labute approximate surface area is 119 Å². The molecule has 0 atom stereocenters. The molecular weight excluding hydrogens is 275 g/mol. The van der Waals surface area contributed by atoms with Gasteiger partial charge in [0.15, 0.2) is 0 Å². The Morgan fingerprint density at radius 1 is 0.714 bits per heavy atom. The maximum absolute atomic E-state index is 13.7. The summed E-state index contributed by atoms with van der Waals surface area (Å²) in [5.74, 6) is -1.45. The second kappa shape index (κ2) is 5.40. The van der Waals surface area contributed by atoms with Crippen LogP contribution in [-0.4, -0.2) is 4.98 Å². The predicted octanol–water partition coefficient (Wildman–Crippen LogP) is 4.83. The highest BCUT2D eigenvalue weighted by Gasteiger charge is 2.09. The molecule has 0 amide bonds. The first-order chi connectivity index (χ1) is 10.1. The summed E-state index contributed by atoms with van der Waals surface area (Å²) >= 11 is 0. The van der Waals surface area contributed by atoms with Crippen LogP contribution in [0.2, 0.25) is 0 Å². The Morgan fingerprint density at radius 3 is 2.19 bits per heavy atom. The van der Waals surface area contributed by atoms with Crippen LogP contribution in [0.3, 0.4) is 0 Å². The zero-order valence-corrected chi connectivity index (χ0v) is 10.9. The van der Waals surface area contributed by atoms with Crippen LogP contribution in [0, 0.1) is 17.5 Å². The summed E-state index contributed by atoms with van der Waals surface area (Å²) in [6, 6.07) is 12.7. The summed E-state index contributed by atoms with van der Waals surface area (Å²) in [5, 5.41) is 0. The Bertz CT molecular complexity index is 782. The van der Waals surface area contributed by atoms with Crippen molar-refractivity contribution in [3.63, 3.8) is 0 Å². The predicted molar refractivity (Wildman–Crippen MR) is 75.0 cm³/mol. The molecule has 0 saturated heterocycles. The van der Waals surface area contributed by atoms with Gasteiger partial charge in [0.25, 0.3) is 0 Å². The lowest BCUT2D eigenvalue weighted by Crippen LogP contribution is -1.91. The third-order valence-corrected chi connectivity index (χ3v) is 3.15. The molecule has 0 radical (unpaired) electrons. The van der Waals surface area contributed by atoms with Crippen molar-refractivity contribution in [2.75, 3.05) is 0 Å². The number of hydrogen-bond donors (Lipinski definition) is 0. The van der Waals surface area contributed by atoms with E-state index in [9.17, 15) is 13.2 Å². The number of pyridine rings is 1. The monoisotopic (exact) mass is 285 g/mol. The highest BCUT2D eigenvalue weighted by atomic mass is 19.1. The SMILES string of the molecule is Fc1ccc(F)c(-c2ccc(-c3ccccc3F)cn2)c1. The van der Waals surface area contributed by atoms with Crippen molar-refractivity contribution in [2.24, 2.45) is 0 Å². The van der Waals surface area contributed by atoms with Crippen molar-refractivity contribution in [1.29, 1.82) is 0 Å². The van der Waals surface area contributed by atoms with Gasteiger partial charge in [-0.15, -0.1) is 0 Å². The molecule has 0 saturated carbocycles. The molecule has 3 rings (SSSR count). The molecule has 21 heavy (non-hydrogen) atoms. The largest absolute Gasteiger partial charge is 0.256 e. The highest BCUT2D eigenvalue weighted by molar-refractivity contribution is 5.67. The molecule has 0 spiro atoms. The first-order valence-electron chi connectivity index (χ1n) is 6.31. The van der Waals surface area contributed by atoms with Gasteiger partial charge in [-0.05, 0) is 30.3 Å². The standard InChI is InChI=1S/C17H10F3N/c18-12-6-7-16(20)14(9-12)17-8-5-11(10-21-17)13-3-1-2-4-15(13)19/h1-10H. The van der Waals surface area contributed by atoms with Gasteiger partial charge in [-0.2, -0.15) is 0 Å². The Kier molecular flexibility index (Phi) is 3.44. The van der Waals surface area contributed by atoms with Crippen molar-refractivity contribution in [2.45, 2.75) is 0 Å². The normalized spacial score (nSPS) is 10.6. The van der Waals surface area contributed by atoms with Crippen molar-refractivity contribution in [3.05, 3.63) is 78.2 Å². The minimum Gasteiger partial charge on any atom is -0.256 e. The van der Waals surface area contributed by atoms with E-state index in [1.165, 1.54) is 12.3 Å². The lowest BCUT2D eigenvalue weighted by Gasteiger charge is -2.06. The maximum Gasteiger partial charge on any atom is 0.132 e. The van der Waals surface area contributed by atoms with Gasteiger partial charge in [-0.1, -0.05) is 24.3 Å². The molecule has 1 aromatic heterocycles. The molecule has 2 aromatic carbocycles. The average Bonchev–Trinajstić information content (AvgIpc) is 2.50. The number of nitrogens with zero attached hydrogens (tertiary/aromatic N) is 1. The summed E-state index contributed by atoms with van der Waals surface area (Å²) in [5.41, 5.74) is 1.37. The van der Waals surface area contributed by atoms with Gasteiger partial charge in [-0.3, -0.25) is 4.98 Å². The lowest BCUT2D eigenvalue weighted by atomic mass is 10.1. The first-order valence-corrected chi connectivity index (χ1v) is 6.31. The van der Waals surface area contributed by atoms with E-state index in [4.69, 9.17) is 0 Å². The van der Waals surface area contributed by atoms with E-state index in [0.29, 0.717) is 16.8 Å². The van der Waals surface area contributed by atoms with E-state index in [1.807, 2.05) is 0 Å². The van der Waals surface area contributed by atoms with Crippen LogP contribution in [0.25, 0.3) is 22.4 Å². The zero-order valence-electron chi connectivity index (χ0n) is 10.9. The van der Waals surface area contributed by atoms with E-state index in [-0.39, 0.29) is 11.4 Å². The topological polar surface area (TPSA) is 12.9 Å². The first kappa shape index (κ1) is 13.4. The molecule has 0 aliphatic carbocycles. The molecule has 0 aliphatic heterocycles. The number of hydrogen-bond acceptors (Lipinski definition) is 1.